The highest BCUT2D eigenvalue weighted by Gasteiger charge is 2.36. The molecule has 0 bridgehead atoms. The molecule has 2 aromatic rings. The van der Waals surface area contributed by atoms with Gasteiger partial charge in [-0.1, -0.05) is 32.3 Å². The third kappa shape index (κ3) is 8.40. The molecule has 14 heteroatoms. The first kappa shape index (κ1) is 25.6. The molecule has 0 saturated carbocycles. The SMILES string of the molecule is CCCCCC(CN(O)C=O)C(=O)NNc1ncc(NNc2ccccn2)c(C(F)(F)F)n1. The first-order valence-electron chi connectivity index (χ1n) is 10.1. The molecule has 0 aliphatic carbocycles. The normalized spacial score (nSPS) is 11.9. The maximum absolute atomic E-state index is 13.5. The fraction of sp³-hybridized carbons (Fsp3) is 0.421. The molecule has 2 amide bonds. The Balaban J connectivity index is 2.07. The summed E-state index contributed by atoms with van der Waals surface area (Å²) in [6.45, 7) is 1.71. The van der Waals surface area contributed by atoms with Gasteiger partial charge in [0.05, 0.1) is 18.7 Å². The minimum absolute atomic E-state index is 0.164. The van der Waals surface area contributed by atoms with Crippen LogP contribution in [0.5, 0.6) is 0 Å². The highest BCUT2D eigenvalue weighted by molar-refractivity contribution is 5.80. The Morgan fingerprint density at radius 2 is 2.00 bits per heavy atom. The van der Waals surface area contributed by atoms with Crippen molar-refractivity contribution < 1.29 is 28.0 Å². The number of nitrogens with one attached hydrogen (secondary N) is 4. The second-order valence-electron chi connectivity index (χ2n) is 6.95. The summed E-state index contributed by atoms with van der Waals surface area (Å²) in [4.78, 5) is 34.2. The van der Waals surface area contributed by atoms with E-state index < -0.39 is 35.3 Å². The van der Waals surface area contributed by atoms with Crippen LogP contribution in [-0.2, 0) is 15.8 Å². The molecule has 0 spiro atoms. The van der Waals surface area contributed by atoms with E-state index in [1.807, 2.05) is 6.92 Å². The third-order valence-corrected chi connectivity index (χ3v) is 4.40. The maximum atomic E-state index is 13.5. The average Bonchev–Trinajstić information content (AvgIpc) is 2.80. The summed E-state index contributed by atoms with van der Waals surface area (Å²) in [6.07, 6.45) is 0.457. The van der Waals surface area contributed by atoms with Crippen molar-refractivity contribution in [3.05, 3.63) is 36.3 Å². The Morgan fingerprint density at radius 3 is 2.64 bits per heavy atom. The molecule has 0 saturated heterocycles. The van der Waals surface area contributed by atoms with Crippen molar-refractivity contribution in [2.75, 3.05) is 22.8 Å². The van der Waals surface area contributed by atoms with Crippen molar-refractivity contribution in [3.63, 3.8) is 0 Å². The van der Waals surface area contributed by atoms with Crippen LogP contribution in [0.25, 0.3) is 0 Å². The smallest absolute Gasteiger partial charge is 0.296 e. The number of carbonyl (C=O) groups is 2. The number of hydroxylamine groups is 2. The average molecular weight is 470 g/mol. The standard InChI is InChI=1S/C19H25F3N8O3/c1-2-3-4-7-13(11-30(33)12-31)17(32)28-29-18-24-10-14(16(25-18)19(20,21)22)26-27-15-8-5-6-9-23-15/h5-6,8-10,12-13,26,33H,2-4,7,11H2,1H3,(H,23,27)(H,28,32)(H,24,25,29). The Hall–Kier alpha value is -3.68. The van der Waals surface area contributed by atoms with Gasteiger partial charge >= 0.3 is 6.18 Å². The molecule has 0 fully saturated rings. The molecular formula is C19H25F3N8O3. The van der Waals surface area contributed by atoms with E-state index in [2.05, 4.69) is 36.7 Å². The van der Waals surface area contributed by atoms with Crippen LogP contribution in [0.3, 0.4) is 0 Å². The number of rotatable bonds is 13. The lowest BCUT2D eigenvalue weighted by molar-refractivity contribution is -0.154. The number of hydrazine groups is 2. The number of halogens is 3. The van der Waals surface area contributed by atoms with Gasteiger partial charge in [0, 0.05) is 6.20 Å². The molecule has 180 valence electrons. The molecule has 0 aromatic carbocycles. The lowest BCUT2D eigenvalue weighted by atomic mass is 10.0. The monoisotopic (exact) mass is 470 g/mol. The van der Waals surface area contributed by atoms with Crippen LogP contribution in [0.15, 0.2) is 30.6 Å². The molecule has 0 aliphatic heterocycles. The highest BCUT2D eigenvalue weighted by atomic mass is 19.4. The van der Waals surface area contributed by atoms with E-state index >= 15 is 0 Å². The molecule has 1 atom stereocenters. The zero-order valence-electron chi connectivity index (χ0n) is 17.8. The topological polar surface area (TPSA) is 144 Å². The summed E-state index contributed by atoms with van der Waals surface area (Å²) in [5.41, 5.74) is 7.63. The van der Waals surface area contributed by atoms with Crippen molar-refractivity contribution in [2.45, 2.75) is 38.8 Å². The van der Waals surface area contributed by atoms with Crippen LogP contribution in [-0.4, -0.2) is 44.1 Å². The predicted molar refractivity (Wildman–Crippen MR) is 112 cm³/mol. The molecular weight excluding hydrogens is 445 g/mol. The van der Waals surface area contributed by atoms with E-state index in [9.17, 15) is 28.0 Å². The van der Waals surface area contributed by atoms with Crippen molar-refractivity contribution in [2.24, 2.45) is 5.92 Å². The first-order chi connectivity index (χ1) is 15.7. The van der Waals surface area contributed by atoms with Gasteiger partial charge in [0.25, 0.3) is 0 Å². The summed E-state index contributed by atoms with van der Waals surface area (Å²) in [5, 5.41) is 9.74. The van der Waals surface area contributed by atoms with E-state index in [0.717, 1.165) is 19.0 Å². The van der Waals surface area contributed by atoms with Gasteiger partial charge in [-0.15, -0.1) is 0 Å². The number of anilines is 3. The molecule has 2 aromatic heterocycles. The fourth-order valence-corrected chi connectivity index (χ4v) is 2.75. The Labute approximate surface area is 187 Å². The quantitative estimate of drug-likeness (QED) is 0.129. The van der Waals surface area contributed by atoms with E-state index in [0.29, 0.717) is 17.9 Å². The molecule has 33 heavy (non-hydrogen) atoms. The van der Waals surface area contributed by atoms with Crippen LogP contribution in [0.2, 0.25) is 0 Å². The van der Waals surface area contributed by atoms with Crippen LogP contribution in [0.4, 0.5) is 30.6 Å². The van der Waals surface area contributed by atoms with Crippen LogP contribution in [0.1, 0.15) is 38.3 Å². The van der Waals surface area contributed by atoms with E-state index in [1.54, 1.807) is 18.2 Å². The zero-order valence-corrected chi connectivity index (χ0v) is 17.8. The summed E-state index contributed by atoms with van der Waals surface area (Å²) >= 11 is 0. The third-order valence-electron chi connectivity index (χ3n) is 4.40. The van der Waals surface area contributed by atoms with Crippen molar-refractivity contribution >= 4 is 29.8 Å². The number of pyridine rings is 1. The summed E-state index contributed by atoms with van der Waals surface area (Å²) in [5.74, 6) is -1.64. The minimum atomic E-state index is -4.82. The van der Waals surface area contributed by atoms with Gasteiger partial charge in [-0.2, -0.15) is 13.2 Å². The number of alkyl halides is 3. The molecule has 0 aliphatic rings. The number of carbonyl (C=O) groups excluding carboxylic acids is 2. The van der Waals surface area contributed by atoms with E-state index in [1.165, 1.54) is 6.20 Å². The molecule has 2 heterocycles. The van der Waals surface area contributed by atoms with E-state index in [4.69, 9.17) is 0 Å². The number of aromatic nitrogens is 3. The molecule has 1 unspecified atom stereocenters. The van der Waals surface area contributed by atoms with Crippen LogP contribution >= 0.6 is 0 Å². The molecule has 11 nitrogen and oxygen atoms in total. The van der Waals surface area contributed by atoms with Gasteiger partial charge in [0.15, 0.2) is 5.69 Å². The number of hydrogen-bond donors (Lipinski definition) is 5. The van der Waals surface area contributed by atoms with Crippen LogP contribution < -0.4 is 21.7 Å². The highest BCUT2D eigenvalue weighted by Crippen LogP contribution is 2.33. The van der Waals surface area contributed by atoms with Gasteiger partial charge in [0.2, 0.25) is 18.3 Å². The van der Waals surface area contributed by atoms with Gasteiger partial charge in [0.1, 0.15) is 11.5 Å². The predicted octanol–water partition coefficient (Wildman–Crippen LogP) is 2.82. The Kier molecular flexibility index (Phi) is 9.60. The van der Waals surface area contributed by atoms with Crippen molar-refractivity contribution in [3.8, 4) is 0 Å². The Bertz CT molecular complexity index is 902. The number of nitrogens with zero attached hydrogens (tertiary/aromatic N) is 4. The molecule has 2 rings (SSSR count). The first-order valence-corrected chi connectivity index (χ1v) is 10.1. The molecule has 5 N–H and O–H groups in total. The lowest BCUT2D eigenvalue weighted by Crippen LogP contribution is -2.40. The lowest BCUT2D eigenvalue weighted by Gasteiger charge is -2.20. The number of hydrogen-bond acceptors (Lipinski definition) is 9. The number of amides is 2. The summed E-state index contributed by atoms with van der Waals surface area (Å²) in [6, 6.07) is 4.84. The minimum Gasteiger partial charge on any atom is -0.296 e. The summed E-state index contributed by atoms with van der Waals surface area (Å²) in [7, 11) is 0. The Morgan fingerprint density at radius 1 is 1.21 bits per heavy atom. The van der Waals surface area contributed by atoms with Gasteiger partial charge in [-0.3, -0.25) is 36.5 Å². The second kappa shape index (κ2) is 12.4. The van der Waals surface area contributed by atoms with Crippen molar-refractivity contribution in [1.29, 1.82) is 0 Å². The second-order valence-corrected chi connectivity index (χ2v) is 6.95. The molecule has 0 radical (unpaired) electrons. The van der Waals surface area contributed by atoms with Gasteiger partial charge in [-0.25, -0.2) is 20.0 Å². The van der Waals surface area contributed by atoms with Gasteiger partial charge in [-0.05, 0) is 18.6 Å². The maximum Gasteiger partial charge on any atom is 0.435 e. The van der Waals surface area contributed by atoms with E-state index in [-0.39, 0.29) is 18.8 Å². The fourth-order valence-electron chi connectivity index (χ4n) is 2.75. The largest absolute Gasteiger partial charge is 0.435 e. The van der Waals surface area contributed by atoms with Gasteiger partial charge < -0.3 is 0 Å². The van der Waals surface area contributed by atoms with Crippen LogP contribution in [0, 0.1) is 5.92 Å². The summed E-state index contributed by atoms with van der Waals surface area (Å²) < 4.78 is 40.4. The van der Waals surface area contributed by atoms with Crippen molar-refractivity contribution in [1.82, 2.24) is 25.4 Å². The number of unbranched alkanes of at least 4 members (excludes halogenated alkanes) is 2. The zero-order chi connectivity index (χ0) is 24.3.